The summed E-state index contributed by atoms with van der Waals surface area (Å²) < 4.78 is 10.6. The van der Waals surface area contributed by atoms with E-state index in [1.54, 1.807) is 18.2 Å². The standard InChI is InChI=1S/C18H15N3O4S/c22-16-9-15(26-18(21-16)20-11-4-2-1-3-5-11)17(23)19-12-6-7-13-14(8-12)25-10-24-13/h1-8,15H,9-10H2,(H,19,23)(H,20,21,22)/t15-/m1/s1. The van der Waals surface area contributed by atoms with Gasteiger partial charge < -0.3 is 20.1 Å². The number of carbonyl (C=O) groups excluding carboxylic acids is 2. The quantitative estimate of drug-likeness (QED) is 0.868. The highest BCUT2D eigenvalue weighted by Crippen LogP contribution is 2.34. The third kappa shape index (κ3) is 3.65. The van der Waals surface area contributed by atoms with Crippen LogP contribution in [0.3, 0.4) is 0 Å². The molecule has 2 aromatic rings. The molecule has 2 aliphatic rings. The normalized spacial score (nSPS) is 19.9. The van der Waals surface area contributed by atoms with Crippen molar-refractivity contribution in [3.05, 3.63) is 48.5 Å². The Hall–Kier alpha value is -3.00. The number of nitrogens with zero attached hydrogens (tertiary/aromatic N) is 1. The van der Waals surface area contributed by atoms with E-state index in [0.717, 1.165) is 0 Å². The van der Waals surface area contributed by atoms with Crippen molar-refractivity contribution in [1.29, 1.82) is 0 Å². The van der Waals surface area contributed by atoms with Gasteiger partial charge in [-0.1, -0.05) is 30.0 Å². The second-order valence-electron chi connectivity index (χ2n) is 5.67. The molecule has 0 saturated carbocycles. The number of rotatable bonds is 3. The fourth-order valence-electron chi connectivity index (χ4n) is 2.56. The summed E-state index contributed by atoms with van der Waals surface area (Å²) in [5.41, 5.74) is 1.31. The number of anilines is 1. The number of thioether (sulfide) groups is 1. The minimum absolute atomic E-state index is 0.0921. The van der Waals surface area contributed by atoms with Gasteiger partial charge in [-0.25, -0.2) is 4.99 Å². The zero-order chi connectivity index (χ0) is 17.9. The van der Waals surface area contributed by atoms with Crippen LogP contribution in [-0.4, -0.2) is 29.0 Å². The Kier molecular flexibility index (Phi) is 4.49. The first-order valence-electron chi connectivity index (χ1n) is 7.98. The molecule has 1 saturated heterocycles. The van der Waals surface area contributed by atoms with Crippen molar-refractivity contribution < 1.29 is 19.1 Å². The van der Waals surface area contributed by atoms with E-state index in [1.165, 1.54) is 11.8 Å². The molecule has 1 fully saturated rings. The number of hydrogen-bond acceptors (Lipinski definition) is 6. The summed E-state index contributed by atoms with van der Waals surface area (Å²) in [5, 5.41) is 5.38. The van der Waals surface area contributed by atoms with Crippen LogP contribution in [0.5, 0.6) is 11.5 Å². The van der Waals surface area contributed by atoms with Crippen molar-refractivity contribution in [1.82, 2.24) is 5.32 Å². The second kappa shape index (κ2) is 7.09. The Morgan fingerprint density at radius 3 is 2.81 bits per heavy atom. The maximum atomic E-state index is 12.6. The van der Waals surface area contributed by atoms with Gasteiger partial charge in [0.1, 0.15) is 5.25 Å². The van der Waals surface area contributed by atoms with Crippen LogP contribution in [0.2, 0.25) is 0 Å². The zero-order valence-corrected chi connectivity index (χ0v) is 14.4. The van der Waals surface area contributed by atoms with E-state index in [-0.39, 0.29) is 25.0 Å². The zero-order valence-electron chi connectivity index (χ0n) is 13.6. The predicted octanol–water partition coefficient (Wildman–Crippen LogP) is 2.66. The van der Waals surface area contributed by atoms with E-state index in [4.69, 9.17) is 9.47 Å². The van der Waals surface area contributed by atoms with Gasteiger partial charge in [-0.2, -0.15) is 0 Å². The van der Waals surface area contributed by atoms with E-state index in [1.807, 2.05) is 30.3 Å². The highest BCUT2D eigenvalue weighted by molar-refractivity contribution is 8.15. The molecule has 2 aliphatic heterocycles. The molecule has 0 aliphatic carbocycles. The molecule has 0 aromatic heterocycles. The molecule has 26 heavy (non-hydrogen) atoms. The Morgan fingerprint density at radius 2 is 1.96 bits per heavy atom. The number of nitrogens with one attached hydrogen (secondary N) is 2. The Bertz CT molecular complexity index is 885. The number of hydrogen-bond donors (Lipinski definition) is 2. The van der Waals surface area contributed by atoms with Crippen molar-refractivity contribution in [2.75, 3.05) is 12.1 Å². The third-order valence-electron chi connectivity index (χ3n) is 3.79. The Labute approximate surface area is 153 Å². The number of amides is 2. The van der Waals surface area contributed by atoms with Crippen molar-refractivity contribution >= 4 is 40.1 Å². The van der Waals surface area contributed by atoms with Crippen LogP contribution in [0.4, 0.5) is 11.4 Å². The molecule has 2 heterocycles. The van der Waals surface area contributed by atoms with Crippen molar-refractivity contribution in [3.63, 3.8) is 0 Å². The van der Waals surface area contributed by atoms with Crippen LogP contribution in [-0.2, 0) is 9.59 Å². The van der Waals surface area contributed by atoms with E-state index >= 15 is 0 Å². The lowest BCUT2D eigenvalue weighted by Crippen LogP contribution is -2.41. The van der Waals surface area contributed by atoms with Crippen LogP contribution in [0.25, 0.3) is 0 Å². The third-order valence-corrected chi connectivity index (χ3v) is 4.87. The molecule has 2 amide bonds. The van der Waals surface area contributed by atoms with E-state index in [9.17, 15) is 9.59 Å². The van der Waals surface area contributed by atoms with Gasteiger partial charge in [-0.15, -0.1) is 0 Å². The first-order valence-corrected chi connectivity index (χ1v) is 8.86. The van der Waals surface area contributed by atoms with Crippen LogP contribution in [0.15, 0.2) is 53.5 Å². The highest BCUT2D eigenvalue weighted by Gasteiger charge is 2.30. The maximum Gasteiger partial charge on any atom is 0.238 e. The smallest absolute Gasteiger partial charge is 0.238 e. The van der Waals surface area contributed by atoms with E-state index in [0.29, 0.717) is 28.0 Å². The molecule has 0 radical (unpaired) electrons. The summed E-state index contributed by atoms with van der Waals surface area (Å²) in [4.78, 5) is 28.9. The highest BCUT2D eigenvalue weighted by atomic mass is 32.2. The SMILES string of the molecule is O=C1C[C@H](C(=O)Nc2ccc3c(c2)OCO3)SC(=Nc2ccccc2)N1. The molecule has 8 heteroatoms. The van der Waals surface area contributed by atoms with Crippen molar-refractivity contribution in [2.24, 2.45) is 4.99 Å². The Balaban J connectivity index is 1.47. The lowest BCUT2D eigenvalue weighted by Gasteiger charge is -2.22. The number of fused-ring (bicyclic) bond motifs is 1. The fourth-order valence-corrected chi connectivity index (χ4v) is 3.56. The molecule has 0 bridgehead atoms. The van der Waals surface area contributed by atoms with Gasteiger partial charge in [0.2, 0.25) is 18.6 Å². The average molecular weight is 369 g/mol. The van der Waals surface area contributed by atoms with Crippen LogP contribution in [0.1, 0.15) is 6.42 Å². The van der Waals surface area contributed by atoms with E-state index < -0.39 is 5.25 Å². The first-order chi connectivity index (χ1) is 12.7. The molecule has 0 unspecified atom stereocenters. The first kappa shape index (κ1) is 16.5. The van der Waals surface area contributed by atoms with Gasteiger partial charge in [0.15, 0.2) is 16.7 Å². The number of para-hydroxylation sites is 1. The van der Waals surface area contributed by atoms with Crippen LogP contribution in [0, 0.1) is 0 Å². The van der Waals surface area contributed by atoms with Gasteiger partial charge >= 0.3 is 0 Å². The number of carbonyl (C=O) groups is 2. The van der Waals surface area contributed by atoms with E-state index in [2.05, 4.69) is 15.6 Å². The fraction of sp³-hybridized carbons (Fsp3) is 0.167. The molecular weight excluding hydrogens is 354 g/mol. The molecule has 4 rings (SSSR count). The second-order valence-corrected chi connectivity index (χ2v) is 6.86. The minimum Gasteiger partial charge on any atom is -0.454 e. The van der Waals surface area contributed by atoms with Crippen molar-refractivity contribution in [2.45, 2.75) is 11.7 Å². The number of aliphatic imine (C=N–C) groups is 1. The van der Waals surface area contributed by atoms with Gasteiger partial charge in [0.25, 0.3) is 0 Å². The summed E-state index contributed by atoms with van der Waals surface area (Å²) in [6, 6.07) is 14.4. The topological polar surface area (TPSA) is 89.0 Å². The number of benzene rings is 2. The lowest BCUT2D eigenvalue weighted by atomic mass is 10.2. The number of amidine groups is 1. The monoisotopic (exact) mass is 369 g/mol. The molecular formula is C18H15N3O4S. The Morgan fingerprint density at radius 1 is 1.15 bits per heavy atom. The summed E-state index contributed by atoms with van der Waals surface area (Å²) in [5.74, 6) is 0.739. The molecule has 132 valence electrons. The van der Waals surface area contributed by atoms with Crippen molar-refractivity contribution in [3.8, 4) is 11.5 Å². The van der Waals surface area contributed by atoms with Gasteiger partial charge in [-0.05, 0) is 24.3 Å². The molecule has 0 spiro atoms. The number of ether oxygens (including phenoxy) is 2. The summed E-state index contributed by atoms with van der Waals surface area (Å²) in [6.07, 6.45) is 0.0921. The predicted molar refractivity (Wildman–Crippen MR) is 98.9 cm³/mol. The molecule has 2 N–H and O–H groups in total. The minimum atomic E-state index is -0.559. The van der Waals surface area contributed by atoms with Crippen LogP contribution >= 0.6 is 11.8 Å². The van der Waals surface area contributed by atoms with Gasteiger partial charge in [-0.3, -0.25) is 9.59 Å². The molecule has 1 atom stereocenters. The summed E-state index contributed by atoms with van der Waals surface area (Å²) in [7, 11) is 0. The molecule has 2 aromatic carbocycles. The average Bonchev–Trinajstić information content (AvgIpc) is 3.10. The van der Waals surface area contributed by atoms with Gasteiger partial charge in [0, 0.05) is 18.2 Å². The van der Waals surface area contributed by atoms with Crippen LogP contribution < -0.4 is 20.1 Å². The molecule has 7 nitrogen and oxygen atoms in total. The van der Waals surface area contributed by atoms with Gasteiger partial charge in [0.05, 0.1) is 5.69 Å². The summed E-state index contributed by atoms with van der Waals surface area (Å²) >= 11 is 1.23. The lowest BCUT2D eigenvalue weighted by molar-refractivity contribution is -0.123. The maximum absolute atomic E-state index is 12.6. The largest absolute Gasteiger partial charge is 0.454 e. The summed E-state index contributed by atoms with van der Waals surface area (Å²) in [6.45, 7) is 0.171.